The molecular formula is C22H29N5O2. The molecule has 29 heavy (non-hydrogen) atoms. The van der Waals surface area contributed by atoms with E-state index in [9.17, 15) is 9.59 Å². The molecule has 1 amide bonds. The van der Waals surface area contributed by atoms with Gasteiger partial charge >= 0.3 is 0 Å². The number of hydrogen-bond acceptors (Lipinski definition) is 5. The molecular weight excluding hydrogens is 366 g/mol. The topological polar surface area (TPSA) is 70.5 Å². The Hall–Kier alpha value is -2.67. The Morgan fingerprint density at radius 2 is 2.07 bits per heavy atom. The Kier molecular flexibility index (Phi) is 5.94. The standard InChI is InChI=1S/C22H29N5O2/c1-25-21(28)13-20(14-24-25)27-10-4-7-19(16-27)22(29)23-9-12-26-11-8-17-5-2-3-6-18(17)15-26/h2-3,5-6,13-14,19H,4,7-12,15-16H2,1H3,(H,23,29)/t19-/m0/s1. The van der Waals surface area contributed by atoms with Gasteiger partial charge in [-0.2, -0.15) is 5.10 Å². The fourth-order valence-corrected chi connectivity index (χ4v) is 4.29. The van der Waals surface area contributed by atoms with Gasteiger partial charge in [-0.1, -0.05) is 24.3 Å². The van der Waals surface area contributed by atoms with Crippen molar-refractivity contribution in [2.24, 2.45) is 13.0 Å². The van der Waals surface area contributed by atoms with E-state index in [4.69, 9.17) is 0 Å². The van der Waals surface area contributed by atoms with Crippen molar-refractivity contribution in [3.8, 4) is 0 Å². The number of piperidine rings is 1. The minimum atomic E-state index is -0.128. The lowest BCUT2D eigenvalue weighted by Crippen LogP contribution is -2.45. The highest BCUT2D eigenvalue weighted by molar-refractivity contribution is 5.79. The molecule has 0 radical (unpaired) electrons. The van der Waals surface area contributed by atoms with Gasteiger partial charge in [-0.15, -0.1) is 0 Å². The van der Waals surface area contributed by atoms with Gasteiger partial charge in [0.25, 0.3) is 5.56 Å². The van der Waals surface area contributed by atoms with Gasteiger partial charge in [-0.3, -0.25) is 14.5 Å². The lowest BCUT2D eigenvalue weighted by molar-refractivity contribution is -0.125. The number of carbonyl (C=O) groups excluding carboxylic acids is 1. The van der Waals surface area contributed by atoms with Crippen LogP contribution in [0.5, 0.6) is 0 Å². The van der Waals surface area contributed by atoms with Gasteiger partial charge in [0.15, 0.2) is 0 Å². The summed E-state index contributed by atoms with van der Waals surface area (Å²) >= 11 is 0. The Bertz CT molecular complexity index is 925. The molecule has 0 spiro atoms. The van der Waals surface area contributed by atoms with Crippen LogP contribution in [0, 0.1) is 5.92 Å². The number of carbonyl (C=O) groups is 1. The number of aryl methyl sites for hydroxylation is 1. The molecule has 1 aromatic heterocycles. The van der Waals surface area contributed by atoms with Crippen LogP contribution in [0.1, 0.15) is 24.0 Å². The molecule has 1 saturated heterocycles. The number of fused-ring (bicyclic) bond motifs is 1. The lowest BCUT2D eigenvalue weighted by Gasteiger charge is -2.33. The summed E-state index contributed by atoms with van der Waals surface area (Å²) in [6, 6.07) is 10.2. The van der Waals surface area contributed by atoms with E-state index >= 15 is 0 Å². The van der Waals surface area contributed by atoms with Gasteiger partial charge < -0.3 is 10.2 Å². The van der Waals surface area contributed by atoms with Crippen LogP contribution >= 0.6 is 0 Å². The molecule has 1 fully saturated rings. The second-order valence-corrected chi connectivity index (χ2v) is 8.05. The fraction of sp³-hybridized carbons (Fsp3) is 0.500. The van der Waals surface area contributed by atoms with E-state index in [1.54, 1.807) is 19.3 Å². The number of rotatable bonds is 5. The first-order chi connectivity index (χ1) is 14.1. The maximum atomic E-state index is 12.7. The lowest BCUT2D eigenvalue weighted by atomic mass is 9.96. The van der Waals surface area contributed by atoms with Gasteiger partial charge in [-0.05, 0) is 30.4 Å². The average Bonchev–Trinajstić information content (AvgIpc) is 2.75. The number of amides is 1. The minimum Gasteiger partial charge on any atom is -0.369 e. The van der Waals surface area contributed by atoms with Crippen LogP contribution in [-0.4, -0.2) is 53.3 Å². The fourth-order valence-electron chi connectivity index (χ4n) is 4.29. The molecule has 2 aromatic rings. The van der Waals surface area contributed by atoms with Crippen molar-refractivity contribution in [3.05, 3.63) is 58.0 Å². The van der Waals surface area contributed by atoms with E-state index in [1.807, 2.05) is 0 Å². The summed E-state index contributed by atoms with van der Waals surface area (Å²) in [6.45, 7) is 5.03. The first kappa shape index (κ1) is 19.6. The predicted octanol–water partition coefficient (Wildman–Crippen LogP) is 1.17. The molecule has 3 heterocycles. The first-order valence-electron chi connectivity index (χ1n) is 10.5. The van der Waals surface area contributed by atoms with Crippen LogP contribution in [0.3, 0.4) is 0 Å². The summed E-state index contributed by atoms with van der Waals surface area (Å²) in [6.07, 6.45) is 4.61. The van der Waals surface area contributed by atoms with Gasteiger partial charge in [0.2, 0.25) is 5.91 Å². The highest BCUT2D eigenvalue weighted by Gasteiger charge is 2.26. The van der Waals surface area contributed by atoms with E-state index in [1.165, 1.54) is 15.8 Å². The van der Waals surface area contributed by atoms with E-state index in [0.29, 0.717) is 13.1 Å². The van der Waals surface area contributed by atoms with Crippen molar-refractivity contribution in [2.75, 3.05) is 37.6 Å². The summed E-state index contributed by atoms with van der Waals surface area (Å²) in [5, 5.41) is 7.23. The minimum absolute atomic E-state index is 0.0464. The predicted molar refractivity (Wildman–Crippen MR) is 113 cm³/mol. The van der Waals surface area contributed by atoms with Crippen LogP contribution in [0.2, 0.25) is 0 Å². The molecule has 0 unspecified atom stereocenters. The molecule has 154 valence electrons. The molecule has 2 aliphatic rings. The van der Waals surface area contributed by atoms with E-state index in [2.05, 4.69) is 44.5 Å². The number of aromatic nitrogens is 2. The number of hydrogen-bond donors (Lipinski definition) is 1. The van der Waals surface area contributed by atoms with Gasteiger partial charge in [0, 0.05) is 52.4 Å². The summed E-state index contributed by atoms with van der Waals surface area (Å²) in [5.74, 6) is 0.0683. The molecule has 1 atom stereocenters. The first-order valence-corrected chi connectivity index (χ1v) is 10.5. The number of anilines is 1. The van der Waals surface area contributed by atoms with E-state index in [0.717, 1.165) is 51.1 Å². The Morgan fingerprint density at radius 1 is 1.24 bits per heavy atom. The largest absolute Gasteiger partial charge is 0.369 e. The van der Waals surface area contributed by atoms with Gasteiger partial charge in [0.1, 0.15) is 0 Å². The molecule has 2 aliphatic heterocycles. The second kappa shape index (κ2) is 8.78. The summed E-state index contributed by atoms with van der Waals surface area (Å²) in [7, 11) is 1.64. The molecule has 0 bridgehead atoms. The van der Waals surface area contributed by atoms with Crippen molar-refractivity contribution in [2.45, 2.75) is 25.8 Å². The van der Waals surface area contributed by atoms with Gasteiger partial charge in [0.05, 0.1) is 17.8 Å². The summed E-state index contributed by atoms with van der Waals surface area (Å²) < 4.78 is 1.32. The van der Waals surface area contributed by atoms with Crippen LogP contribution < -0.4 is 15.8 Å². The maximum Gasteiger partial charge on any atom is 0.268 e. The highest BCUT2D eigenvalue weighted by atomic mass is 16.2. The quantitative estimate of drug-likeness (QED) is 0.823. The maximum absolute atomic E-state index is 12.7. The summed E-state index contributed by atoms with van der Waals surface area (Å²) in [4.78, 5) is 29.1. The molecule has 7 nitrogen and oxygen atoms in total. The smallest absolute Gasteiger partial charge is 0.268 e. The SMILES string of the molecule is Cn1ncc(N2CCC[C@H](C(=O)NCCN3CCc4ccccc4C3)C2)cc1=O. The monoisotopic (exact) mass is 395 g/mol. The highest BCUT2D eigenvalue weighted by Crippen LogP contribution is 2.22. The normalized spacial score (nSPS) is 19.6. The third-order valence-corrected chi connectivity index (χ3v) is 6.05. The van der Waals surface area contributed by atoms with Crippen LogP contribution in [0.25, 0.3) is 0 Å². The summed E-state index contributed by atoms with van der Waals surface area (Å²) in [5.41, 5.74) is 3.52. The zero-order chi connectivity index (χ0) is 20.2. The third kappa shape index (κ3) is 4.67. The van der Waals surface area contributed by atoms with Gasteiger partial charge in [-0.25, -0.2) is 4.68 Å². The molecule has 0 saturated carbocycles. The molecule has 0 aliphatic carbocycles. The molecule has 7 heteroatoms. The van der Waals surface area contributed by atoms with E-state index in [-0.39, 0.29) is 17.4 Å². The van der Waals surface area contributed by atoms with E-state index < -0.39 is 0 Å². The van der Waals surface area contributed by atoms with Crippen molar-refractivity contribution in [1.82, 2.24) is 20.0 Å². The van der Waals surface area contributed by atoms with Crippen LogP contribution in [0.15, 0.2) is 41.3 Å². The third-order valence-electron chi connectivity index (χ3n) is 6.05. The zero-order valence-electron chi connectivity index (χ0n) is 17.0. The molecule has 1 N–H and O–H groups in total. The Labute approximate surface area is 171 Å². The van der Waals surface area contributed by atoms with Crippen molar-refractivity contribution < 1.29 is 4.79 Å². The average molecular weight is 396 g/mol. The second-order valence-electron chi connectivity index (χ2n) is 8.05. The van der Waals surface area contributed by atoms with Crippen molar-refractivity contribution in [1.29, 1.82) is 0 Å². The number of nitrogens with zero attached hydrogens (tertiary/aromatic N) is 4. The Morgan fingerprint density at radius 3 is 2.90 bits per heavy atom. The number of benzene rings is 1. The van der Waals surface area contributed by atoms with Crippen molar-refractivity contribution >= 4 is 11.6 Å². The number of nitrogens with one attached hydrogen (secondary N) is 1. The zero-order valence-corrected chi connectivity index (χ0v) is 17.0. The Balaban J connectivity index is 1.26. The van der Waals surface area contributed by atoms with Crippen LogP contribution in [-0.2, 0) is 24.8 Å². The van der Waals surface area contributed by atoms with Crippen LogP contribution in [0.4, 0.5) is 5.69 Å². The molecule has 1 aromatic carbocycles. The molecule has 4 rings (SSSR count). The van der Waals surface area contributed by atoms with Crippen molar-refractivity contribution in [3.63, 3.8) is 0 Å².